The Morgan fingerprint density at radius 3 is 2.35 bits per heavy atom. The summed E-state index contributed by atoms with van der Waals surface area (Å²) in [4.78, 5) is 12.9. The number of amides is 1. The van der Waals surface area contributed by atoms with Gasteiger partial charge < -0.3 is 14.8 Å². The van der Waals surface area contributed by atoms with E-state index >= 15 is 0 Å². The number of hydrogen-bond donors (Lipinski definition) is 1. The van der Waals surface area contributed by atoms with Gasteiger partial charge in [-0.1, -0.05) is 17.7 Å². The van der Waals surface area contributed by atoms with Crippen LogP contribution >= 0.6 is 11.8 Å². The molecular formula is C18H21NO3S. The third-order valence-electron chi connectivity index (χ3n) is 3.14. The van der Waals surface area contributed by atoms with Gasteiger partial charge in [0.15, 0.2) is 6.61 Å². The van der Waals surface area contributed by atoms with Crippen molar-refractivity contribution in [2.45, 2.75) is 11.8 Å². The van der Waals surface area contributed by atoms with E-state index in [1.165, 1.54) is 10.5 Å². The molecule has 1 N–H and O–H groups in total. The van der Waals surface area contributed by atoms with Gasteiger partial charge >= 0.3 is 0 Å². The van der Waals surface area contributed by atoms with Gasteiger partial charge in [0, 0.05) is 17.2 Å². The lowest BCUT2D eigenvalue weighted by molar-refractivity contribution is -0.122. The molecule has 0 aromatic heterocycles. The summed E-state index contributed by atoms with van der Waals surface area (Å²) < 4.78 is 10.5. The van der Waals surface area contributed by atoms with Crippen LogP contribution in [0.15, 0.2) is 53.4 Å². The summed E-state index contributed by atoms with van der Waals surface area (Å²) in [7, 11) is 1.61. The van der Waals surface area contributed by atoms with Crippen molar-refractivity contribution >= 4 is 17.7 Å². The fraction of sp³-hybridized carbons (Fsp3) is 0.278. The summed E-state index contributed by atoms with van der Waals surface area (Å²) in [6, 6.07) is 15.5. The van der Waals surface area contributed by atoms with Crippen molar-refractivity contribution in [3.8, 4) is 11.5 Å². The summed E-state index contributed by atoms with van der Waals surface area (Å²) in [5.41, 5.74) is 1.25. The first kappa shape index (κ1) is 17.2. The lowest BCUT2D eigenvalue weighted by Crippen LogP contribution is -2.30. The van der Waals surface area contributed by atoms with Gasteiger partial charge in [0.25, 0.3) is 5.91 Å². The number of nitrogens with one attached hydrogen (secondary N) is 1. The molecule has 0 bridgehead atoms. The van der Waals surface area contributed by atoms with Crippen LogP contribution in [-0.4, -0.2) is 31.9 Å². The number of carbonyl (C=O) groups is 1. The molecule has 0 aliphatic heterocycles. The van der Waals surface area contributed by atoms with Crippen molar-refractivity contribution < 1.29 is 14.3 Å². The smallest absolute Gasteiger partial charge is 0.257 e. The summed E-state index contributed by atoms with van der Waals surface area (Å²) in [6.07, 6.45) is 0. The first-order valence-corrected chi connectivity index (χ1v) is 8.39. The Kier molecular flexibility index (Phi) is 6.81. The maximum atomic E-state index is 11.7. The zero-order valence-corrected chi connectivity index (χ0v) is 14.2. The molecule has 122 valence electrons. The number of hydrogen-bond acceptors (Lipinski definition) is 4. The van der Waals surface area contributed by atoms with E-state index in [1.54, 1.807) is 43.1 Å². The monoisotopic (exact) mass is 331 g/mol. The summed E-state index contributed by atoms with van der Waals surface area (Å²) in [5, 5.41) is 2.85. The highest BCUT2D eigenvalue weighted by Crippen LogP contribution is 2.18. The van der Waals surface area contributed by atoms with Crippen molar-refractivity contribution in [1.82, 2.24) is 5.32 Å². The number of carbonyl (C=O) groups excluding carboxylic acids is 1. The normalized spacial score (nSPS) is 10.2. The molecule has 2 aromatic carbocycles. The summed E-state index contributed by atoms with van der Waals surface area (Å²) in [5.74, 6) is 2.12. The van der Waals surface area contributed by atoms with Crippen molar-refractivity contribution in [2.75, 3.05) is 26.0 Å². The lowest BCUT2D eigenvalue weighted by Gasteiger charge is -2.08. The highest BCUT2D eigenvalue weighted by molar-refractivity contribution is 7.99. The van der Waals surface area contributed by atoms with Crippen LogP contribution in [0.25, 0.3) is 0 Å². The van der Waals surface area contributed by atoms with E-state index in [4.69, 9.17) is 9.47 Å². The third-order valence-corrected chi connectivity index (χ3v) is 4.16. The number of rotatable bonds is 8. The second-order valence-corrected chi connectivity index (χ2v) is 6.14. The maximum absolute atomic E-state index is 11.7. The predicted molar refractivity (Wildman–Crippen MR) is 93.4 cm³/mol. The Morgan fingerprint density at radius 1 is 1.04 bits per heavy atom. The Labute approximate surface area is 141 Å². The number of methoxy groups -OCH3 is 1. The third kappa shape index (κ3) is 6.24. The molecule has 0 saturated carbocycles. The van der Waals surface area contributed by atoms with Gasteiger partial charge in [-0.05, 0) is 43.3 Å². The quantitative estimate of drug-likeness (QED) is 0.596. The molecule has 0 saturated heterocycles. The van der Waals surface area contributed by atoms with E-state index in [2.05, 4.69) is 36.5 Å². The van der Waals surface area contributed by atoms with E-state index in [1.807, 2.05) is 0 Å². The molecule has 0 aliphatic carbocycles. The summed E-state index contributed by atoms with van der Waals surface area (Å²) >= 11 is 1.72. The van der Waals surface area contributed by atoms with Crippen LogP contribution in [0.5, 0.6) is 11.5 Å². The van der Waals surface area contributed by atoms with Crippen molar-refractivity contribution in [3.05, 3.63) is 54.1 Å². The van der Waals surface area contributed by atoms with Gasteiger partial charge in [-0.2, -0.15) is 0 Å². The second kappa shape index (κ2) is 9.10. The molecule has 0 aliphatic rings. The first-order chi connectivity index (χ1) is 11.2. The number of thioether (sulfide) groups is 1. The largest absolute Gasteiger partial charge is 0.497 e. The SMILES string of the molecule is COc1ccc(OCC(=O)NCCSc2ccc(C)cc2)cc1. The molecule has 0 heterocycles. The van der Waals surface area contributed by atoms with Crippen LogP contribution in [0.2, 0.25) is 0 Å². The molecule has 0 unspecified atom stereocenters. The maximum Gasteiger partial charge on any atom is 0.257 e. The zero-order chi connectivity index (χ0) is 16.5. The molecule has 1 amide bonds. The van der Waals surface area contributed by atoms with E-state index in [9.17, 15) is 4.79 Å². The molecule has 0 radical (unpaired) electrons. The van der Waals surface area contributed by atoms with Crippen LogP contribution in [0.4, 0.5) is 0 Å². The topological polar surface area (TPSA) is 47.6 Å². The van der Waals surface area contributed by atoms with Crippen LogP contribution in [0, 0.1) is 6.92 Å². The minimum Gasteiger partial charge on any atom is -0.497 e. The van der Waals surface area contributed by atoms with Crippen molar-refractivity contribution in [3.63, 3.8) is 0 Å². The molecule has 0 atom stereocenters. The van der Waals surface area contributed by atoms with E-state index < -0.39 is 0 Å². The molecule has 2 rings (SSSR count). The predicted octanol–water partition coefficient (Wildman–Crippen LogP) is 3.29. The van der Waals surface area contributed by atoms with E-state index in [0.717, 1.165) is 11.5 Å². The fourth-order valence-corrected chi connectivity index (χ4v) is 2.63. The highest BCUT2D eigenvalue weighted by atomic mass is 32.2. The Morgan fingerprint density at radius 2 is 1.70 bits per heavy atom. The van der Waals surface area contributed by atoms with Gasteiger partial charge in [-0.3, -0.25) is 4.79 Å². The molecule has 2 aromatic rings. The van der Waals surface area contributed by atoms with Gasteiger partial charge in [0.05, 0.1) is 7.11 Å². The fourth-order valence-electron chi connectivity index (χ4n) is 1.87. The average Bonchev–Trinajstić information content (AvgIpc) is 2.59. The molecular weight excluding hydrogens is 310 g/mol. The second-order valence-electron chi connectivity index (χ2n) is 4.98. The average molecular weight is 331 g/mol. The number of benzene rings is 2. The molecule has 4 nitrogen and oxygen atoms in total. The van der Waals surface area contributed by atoms with Crippen LogP contribution < -0.4 is 14.8 Å². The standard InChI is InChI=1S/C18H21NO3S/c1-14-3-9-17(10-4-14)23-12-11-19-18(20)13-22-16-7-5-15(21-2)6-8-16/h3-10H,11-13H2,1-2H3,(H,19,20). The van der Waals surface area contributed by atoms with Crippen LogP contribution in [0.1, 0.15) is 5.56 Å². The Hall–Kier alpha value is -2.14. The van der Waals surface area contributed by atoms with Crippen molar-refractivity contribution in [1.29, 1.82) is 0 Å². The van der Waals surface area contributed by atoms with Crippen molar-refractivity contribution in [2.24, 2.45) is 0 Å². The van der Waals surface area contributed by atoms with E-state index in [-0.39, 0.29) is 12.5 Å². The zero-order valence-electron chi connectivity index (χ0n) is 13.4. The van der Waals surface area contributed by atoms with Gasteiger partial charge in [-0.15, -0.1) is 11.8 Å². The molecule has 23 heavy (non-hydrogen) atoms. The van der Waals surface area contributed by atoms with Crippen LogP contribution in [0.3, 0.4) is 0 Å². The first-order valence-electron chi connectivity index (χ1n) is 7.40. The Balaban J connectivity index is 1.62. The highest BCUT2D eigenvalue weighted by Gasteiger charge is 2.03. The van der Waals surface area contributed by atoms with Gasteiger partial charge in [-0.25, -0.2) is 0 Å². The van der Waals surface area contributed by atoms with E-state index in [0.29, 0.717) is 12.3 Å². The lowest BCUT2D eigenvalue weighted by atomic mass is 10.2. The molecule has 0 fully saturated rings. The molecule has 5 heteroatoms. The van der Waals surface area contributed by atoms with Gasteiger partial charge in [0.2, 0.25) is 0 Å². The number of ether oxygens (including phenoxy) is 2. The Bertz CT molecular complexity index is 611. The van der Waals surface area contributed by atoms with Gasteiger partial charge in [0.1, 0.15) is 11.5 Å². The number of aryl methyl sites for hydroxylation is 1. The molecule has 0 spiro atoms. The minimum atomic E-state index is -0.120. The minimum absolute atomic E-state index is 0.0154. The van der Waals surface area contributed by atoms with Crippen LogP contribution in [-0.2, 0) is 4.79 Å². The summed E-state index contributed by atoms with van der Waals surface area (Å²) in [6.45, 7) is 2.70.